The van der Waals surface area contributed by atoms with Crippen molar-refractivity contribution in [3.63, 3.8) is 0 Å². The lowest BCUT2D eigenvalue weighted by Crippen LogP contribution is -2.47. The van der Waals surface area contributed by atoms with E-state index < -0.39 is 0 Å². The molecule has 1 aliphatic heterocycles. The summed E-state index contributed by atoms with van der Waals surface area (Å²) in [7, 11) is 0. The van der Waals surface area contributed by atoms with E-state index in [1.807, 2.05) is 24.5 Å². The van der Waals surface area contributed by atoms with Gasteiger partial charge >= 0.3 is 0 Å². The lowest BCUT2D eigenvalue weighted by molar-refractivity contribution is 0.101. The van der Waals surface area contributed by atoms with Crippen molar-refractivity contribution in [1.29, 1.82) is 0 Å². The number of carbonyl (C=O) groups is 1. The summed E-state index contributed by atoms with van der Waals surface area (Å²) in [5.41, 5.74) is 2.85. The van der Waals surface area contributed by atoms with Crippen LogP contribution in [-0.2, 0) is 6.54 Å². The molecule has 0 radical (unpaired) electrons. The number of ketones is 1. The predicted molar refractivity (Wildman–Crippen MR) is 104 cm³/mol. The summed E-state index contributed by atoms with van der Waals surface area (Å²) < 4.78 is 2.47. The van der Waals surface area contributed by atoms with Gasteiger partial charge in [0.15, 0.2) is 5.78 Å². The van der Waals surface area contributed by atoms with E-state index in [0.717, 1.165) is 44.2 Å². The van der Waals surface area contributed by atoms with Crippen LogP contribution in [0.1, 0.15) is 29.9 Å². The van der Waals surface area contributed by atoms with Crippen molar-refractivity contribution in [2.24, 2.45) is 0 Å². The van der Waals surface area contributed by atoms with Crippen LogP contribution < -0.4 is 9.80 Å². The number of nitrogens with zero attached hydrogens (tertiary/aromatic N) is 4. The van der Waals surface area contributed by atoms with Crippen LogP contribution in [-0.4, -0.2) is 41.5 Å². The van der Waals surface area contributed by atoms with E-state index in [2.05, 4.69) is 39.0 Å². The van der Waals surface area contributed by atoms with Crippen molar-refractivity contribution >= 4 is 29.5 Å². The summed E-state index contributed by atoms with van der Waals surface area (Å²) in [6.45, 7) is 9.76. The van der Waals surface area contributed by atoms with E-state index in [9.17, 15) is 4.79 Å². The number of hydrogen-bond donors (Lipinski definition) is 0. The van der Waals surface area contributed by atoms with Gasteiger partial charge in [0.05, 0.1) is 5.56 Å². The Morgan fingerprint density at radius 2 is 1.72 bits per heavy atom. The molecule has 6 heteroatoms. The SMILES string of the molecule is CCn1c(C)c(C(C)=O)c(N2CCN(c3ccccc3)CC2)nc1=S. The van der Waals surface area contributed by atoms with Crippen LogP contribution >= 0.6 is 12.2 Å². The topological polar surface area (TPSA) is 41.4 Å². The molecule has 25 heavy (non-hydrogen) atoms. The summed E-state index contributed by atoms with van der Waals surface area (Å²) in [5, 5.41) is 0. The van der Waals surface area contributed by atoms with Gasteiger partial charge in [-0.2, -0.15) is 0 Å². The molecule has 132 valence electrons. The zero-order valence-electron chi connectivity index (χ0n) is 15.0. The summed E-state index contributed by atoms with van der Waals surface area (Å²) in [4.78, 5) is 21.4. The number of benzene rings is 1. The van der Waals surface area contributed by atoms with Crippen LogP contribution in [0.3, 0.4) is 0 Å². The maximum absolute atomic E-state index is 12.3. The molecule has 2 heterocycles. The number of aromatic nitrogens is 2. The van der Waals surface area contributed by atoms with Crippen molar-refractivity contribution < 1.29 is 4.79 Å². The van der Waals surface area contributed by atoms with E-state index >= 15 is 0 Å². The number of hydrogen-bond acceptors (Lipinski definition) is 5. The van der Waals surface area contributed by atoms with Crippen LogP contribution in [0, 0.1) is 11.7 Å². The molecule has 1 aromatic heterocycles. The Morgan fingerprint density at radius 3 is 2.28 bits per heavy atom. The number of rotatable bonds is 4. The summed E-state index contributed by atoms with van der Waals surface area (Å²) in [5.74, 6) is 0.787. The third-order valence-corrected chi connectivity index (χ3v) is 5.10. The number of para-hydroxylation sites is 1. The van der Waals surface area contributed by atoms with E-state index in [-0.39, 0.29) is 5.78 Å². The van der Waals surface area contributed by atoms with Gasteiger partial charge in [0.1, 0.15) is 5.82 Å². The first-order valence-corrected chi connectivity index (χ1v) is 9.11. The Balaban J connectivity index is 1.88. The first kappa shape index (κ1) is 17.6. The zero-order chi connectivity index (χ0) is 18.0. The fourth-order valence-electron chi connectivity index (χ4n) is 3.48. The third-order valence-electron chi connectivity index (χ3n) is 4.79. The minimum atomic E-state index is 0.0442. The molecule has 0 aliphatic carbocycles. The Bertz CT molecular complexity index is 823. The van der Waals surface area contributed by atoms with Gasteiger partial charge in [0.2, 0.25) is 4.77 Å². The molecule has 0 atom stereocenters. The molecular weight excluding hydrogens is 332 g/mol. The predicted octanol–water partition coefficient (Wildman–Crippen LogP) is 3.47. The highest BCUT2D eigenvalue weighted by Gasteiger charge is 2.24. The van der Waals surface area contributed by atoms with Crippen LogP contribution in [0.2, 0.25) is 0 Å². The molecule has 1 aliphatic rings. The second-order valence-corrected chi connectivity index (χ2v) is 6.65. The van der Waals surface area contributed by atoms with Gasteiger partial charge in [-0.05, 0) is 45.1 Å². The molecule has 1 saturated heterocycles. The quantitative estimate of drug-likeness (QED) is 0.620. The zero-order valence-corrected chi connectivity index (χ0v) is 15.8. The number of carbonyl (C=O) groups excluding carboxylic acids is 1. The molecule has 0 bridgehead atoms. The molecule has 1 fully saturated rings. The van der Waals surface area contributed by atoms with Gasteiger partial charge in [-0.25, -0.2) is 4.98 Å². The number of Topliss-reactive ketones (excluding diaryl/α,β-unsaturated/α-hetero) is 1. The van der Waals surface area contributed by atoms with Gasteiger partial charge in [-0.3, -0.25) is 4.79 Å². The average Bonchev–Trinajstić information content (AvgIpc) is 2.62. The highest BCUT2D eigenvalue weighted by atomic mass is 32.1. The number of anilines is 2. The molecule has 0 saturated carbocycles. The first-order chi connectivity index (χ1) is 12.0. The fraction of sp³-hybridized carbons (Fsp3) is 0.421. The Kier molecular flexibility index (Phi) is 5.18. The Hall–Kier alpha value is -2.21. The van der Waals surface area contributed by atoms with E-state index in [1.54, 1.807) is 6.92 Å². The lowest BCUT2D eigenvalue weighted by atomic mass is 10.1. The van der Waals surface area contributed by atoms with Gasteiger partial charge in [-0.15, -0.1) is 0 Å². The van der Waals surface area contributed by atoms with E-state index in [4.69, 9.17) is 12.2 Å². The Morgan fingerprint density at radius 1 is 1.12 bits per heavy atom. The first-order valence-electron chi connectivity index (χ1n) is 8.70. The molecule has 1 aromatic carbocycles. The minimum Gasteiger partial charge on any atom is -0.368 e. The summed E-state index contributed by atoms with van der Waals surface area (Å²) >= 11 is 5.44. The maximum atomic E-state index is 12.3. The van der Waals surface area contributed by atoms with Crippen molar-refractivity contribution in [1.82, 2.24) is 9.55 Å². The standard InChI is InChI=1S/C19H24N4OS/c1-4-23-14(2)17(15(3)24)18(20-19(23)25)22-12-10-21(11-13-22)16-8-6-5-7-9-16/h5-9H,4,10-13H2,1-3H3. The molecule has 5 nitrogen and oxygen atoms in total. The molecule has 0 N–H and O–H groups in total. The van der Waals surface area contributed by atoms with Crippen molar-refractivity contribution in [2.75, 3.05) is 36.0 Å². The summed E-state index contributed by atoms with van der Waals surface area (Å²) in [6, 6.07) is 10.4. The van der Waals surface area contributed by atoms with Gasteiger partial charge in [-0.1, -0.05) is 18.2 Å². The largest absolute Gasteiger partial charge is 0.368 e. The van der Waals surface area contributed by atoms with E-state index in [0.29, 0.717) is 10.3 Å². The van der Waals surface area contributed by atoms with Crippen LogP contribution in [0.5, 0.6) is 0 Å². The second kappa shape index (κ2) is 7.35. The maximum Gasteiger partial charge on any atom is 0.201 e. The van der Waals surface area contributed by atoms with Crippen LogP contribution in [0.25, 0.3) is 0 Å². The van der Waals surface area contributed by atoms with Gasteiger partial charge in [0, 0.05) is 44.1 Å². The van der Waals surface area contributed by atoms with Crippen molar-refractivity contribution in [3.8, 4) is 0 Å². The number of piperazine rings is 1. The van der Waals surface area contributed by atoms with Gasteiger partial charge in [0.25, 0.3) is 0 Å². The smallest absolute Gasteiger partial charge is 0.201 e. The molecular formula is C19H24N4OS. The lowest BCUT2D eigenvalue weighted by Gasteiger charge is -2.37. The monoisotopic (exact) mass is 356 g/mol. The minimum absolute atomic E-state index is 0.0442. The Labute approximate surface area is 153 Å². The average molecular weight is 356 g/mol. The van der Waals surface area contributed by atoms with Crippen LogP contribution in [0.4, 0.5) is 11.5 Å². The second-order valence-electron chi connectivity index (χ2n) is 6.29. The molecule has 0 spiro atoms. The normalized spacial score (nSPS) is 14.7. The molecule has 3 rings (SSSR count). The van der Waals surface area contributed by atoms with Crippen molar-refractivity contribution in [3.05, 3.63) is 46.4 Å². The van der Waals surface area contributed by atoms with Gasteiger partial charge < -0.3 is 14.4 Å². The highest BCUT2D eigenvalue weighted by Crippen LogP contribution is 2.25. The summed E-state index contributed by atoms with van der Waals surface area (Å²) in [6.07, 6.45) is 0. The fourth-order valence-corrected chi connectivity index (χ4v) is 3.83. The molecule has 0 amide bonds. The molecule has 0 unspecified atom stereocenters. The molecule has 2 aromatic rings. The van der Waals surface area contributed by atoms with E-state index in [1.165, 1.54) is 5.69 Å². The third kappa shape index (κ3) is 3.44. The van der Waals surface area contributed by atoms with Crippen LogP contribution in [0.15, 0.2) is 30.3 Å². The van der Waals surface area contributed by atoms with Crippen molar-refractivity contribution in [2.45, 2.75) is 27.3 Å². The highest BCUT2D eigenvalue weighted by molar-refractivity contribution is 7.71.